The molecule has 1 spiro atoms. The SMILES string of the molecule is c1ccc(C(CCCc2ccc3c(c2)C2(c4ccccc4-c4c(N(c5ccccc5)c5ccccc5)cccc42)c2cccc(N(c4ccccc4)c4ccccc4)c2-3)c2ccccc2)cc1. The van der Waals surface area contributed by atoms with Gasteiger partial charge in [0.15, 0.2) is 0 Å². The van der Waals surface area contributed by atoms with Crippen LogP contribution in [0, 0.1) is 0 Å². The first-order chi connectivity index (χ1) is 33.3. The third kappa shape index (κ3) is 6.87. The fraction of sp³-hybridized carbons (Fsp3) is 0.0769. The molecule has 2 nitrogen and oxygen atoms in total. The van der Waals surface area contributed by atoms with E-state index < -0.39 is 5.41 Å². The molecule has 10 aromatic rings. The second kappa shape index (κ2) is 17.3. The van der Waals surface area contributed by atoms with Crippen molar-refractivity contribution in [3.05, 3.63) is 300 Å². The van der Waals surface area contributed by atoms with Crippen molar-refractivity contribution in [3.63, 3.8) is 0 Å². The smallest absolute Gasteiger partial charge is 0.0727 e. The molecule has 0 saturated carbocycles. The number of aryl methyl sites for hydroxylation is 1. The zero-order valence-electron chi connectivity index (χ0n) is 37.4. The zero-order chi connectivity index (χ0) is 44.6. The van der Waals surface area contributed by atoms with Gasteiger partial charge in [-0.1, -0.05) is 200 Å². The number of anilines is 6. The van der Waals surface area contributed by atoms with Crippen LogP contribution in [0.1, 0.15) is 57.7 Å². The fourth-order valence-electron chi connectivity index (χ4n) is 11.4. The molecule has 320 valence electrons. The predicted molar refractivity (Wildman–Crippen MR) is 280 cm³/mol. The Hall–Kier alpha value is -8.20. The Morgan fingerprint density at radius 1 is 0.328 bits per heavy atom. The summed E-state index contributed by atoms with van der Waals surface area (Å²) >= 11 is 0. The summed E-state index contributed by atoms with van der Waals surface area (Å²) in [6.45, 7) is 0. The van der Waals surface area contributed by atoms with Crippen molar-refractivity contribution < 1.29 is 0 Å². The van der Waals surface area contributed by atoms with Crippen LogP contribution in [0.5, 0.6) is 0 Å². The molecule has 0 heterocycles. The topological polar surface area (TPSA) is 6.48 Å². The number of hydrogen-bond acceptors (Lipinski definition) is 2. The van der Waals surface area contributed by atoms with Crippen LogP contribution in [-0.4, -0.2) is 0 Å². The van der Waals surface area contributed by atoms with E-state index in [0.717, 1.165) is 42.0 Å². The molecule has 0 amide bonds. The van der Waals surface area contributed by atoms with Crippen molar-refractivity contribution in [2.75, 3.05) is 9.80 Å². The summed E-state index contributed by atoms with van der Waals surface area (Å²) in [6.07, 6.45) is 3.11. The van der Waals surface area contributed by atoms with Crippen LogP contribution in [-0.2, 0) is 11.8 Å². The average molecular weight is 859 g/mol. The lowest BCUT2D eigenvalue weighted by atomic mass is 9.70. The first-order valence-corrected chi connectivity index (χ1v) is 23.7. The van der Waals surface area contributed by atoms with Crippen molar-refractivity contribution in [1.29, 1.82) is 0 Å². The molecule has 1 unspecified atom stereocenters. The highest BCUT2D eigenvalue weighted by Crippen LogP contribution is 2.66. The van der Waals surface area contributed by atoms with E-state index in [9.17, 15) is 0 Å². The summed E-state index contributed by atoms with van der Waals surface area (Å²) in [7, 11) is 0. The minimum Gasteiger partial charge on any atom is -0.310 e. The maximum Gasteiger partial charge on any atom is 0.0727 e. The quantitative estimate of drug-likeness (QED) is 0.121. The van der Waals surface area contributed by atoms with Gasteiger partial charge < -0.3 is 9.80 Å². The minimum absolute atomic E-state index is 0.334. The van der Waals surface area contributed by atoms with Crippen LogP contribution < -0.4 is 9.80 Å². The minimum atomic E-state index is -0.576. The standard InChI is InChI=1S/C65H50N2/c1-7-25-48(26-8-1)54(49-27-9-2-10-28-49)38-21-24-47-44-45-56-60(46-47)65(59-41-23-43-62(64(56)59)67(52-33-15-5-16-34-52)53-35-17-6-18-36-53)57-39-20-19-37-55(57)63-58(65)40-22-42-61(63)66(50-29-11-3-12-30-50)51-31-13-4-14-32-51/h1-20,22-23,25-37,39-46,54H,21,24,38H2. The number of para-hydroxylation sites is 4. The predicted octanol–water partition coefficient (Wildman–Crippen LogP) is 17.1. The molecule has 1 atom stereocenters. The number of hydrogen-bond donors (Lipinski definition) is 0. The molecule has 0 aliphatic heterocycles. The highest BCUT2D eigenvalue weighted by Gasteiger charge is 2.53. The van der Waals surface area contributed by atoms with Gasteiger partial charge in [0.25, 0.3) is 0 Å². The van der Waals surface area contributed by atoms with Crippen molar-refractivity contribution >= 4 is 34.1 Å². The van der Waals surface area contributed by atoms with Gasteiger partial charge in [0.2, 0.25) is 0 Å². The lowest BCUT2D eigenvalue weighted by molar-refractivity contribution is 0.660. The third-order valence-corrected chi connectivity index (χ3v) is 14.2. The van der Waals surface area contributed by atoms with E-state index in [1.54, 1.807) is 0 Å². The number of nitrogens with zero attached hydrogens (tertiary/aromatic N) is 2. The Bertz CT molecular complexity index is 3180. The lowest BCUT2D eigenvalue weighted by Gasteiger charge is -2.33. The molecule has 67 heavy (non-hydrogen) atoms. The van der Waals surface area contributed by atoms with Gasteiger partial charge in [-0.15, -0.1) is 0 Å². The van der Waals surface area contributed by atoms with Gasteiger partial charge in [-0.2, -0.15) is 0 Å². The maximum absolute atomic E-state index is 2.58. The van der Waals surface area contributed by atoms with Crippen LogP contribution in [0.4, 0.5) is 34.1 Å². The van der Waals surface area contributed by atoms with Crippen molar-refractivity contribution in [1.82, 2.24) is 0 Å². The molecule has 2 aliphatic carbocycles. The van der Waals surface area contributed by atoms with Gasteiger partial charge in [0, 0.05) is 39.8 Å². The first kappa shape index (κ1) is 40.3. The molecule has 0 radical (unpaired) electrons. The van der Waals surface area contributed by atoms with Crippen LogP contribution in [0.3, 0.4) is 0 Å². The van der Waals surface area contributed by atoms with Gasteiger partial charge in [-0.05, 0) is 130 Å². The Kier molecular flexibility index (Phi) is 10.4. The van der Waals surface area contributed by atoms with Crippen molar-refractivity contribution in [2.24, 2.45) is 0 Å². The summed E-state index contributed by atoms with van der Waals surface area (Å²) in [5, 5.41) is 0. The summed E-state index contributed by atoms with van der Waals surface area (Å²) in [5.74, 6) is 0.334. The zero-order valence-corrected chi connectivity index (χ0v) is 37.4. The maximum atomic E-state index is 2.58. The van der Waals surface area contributed by atoms with Crippen LogP contribution >= 0.6 is 0 Å². The lowest BCUT2D eigenvalue weighted by Crippen LogP contribution is -2.26. The van der Waals surface area contributed by atoms with Gasteiger partial charge >= 0.3 is 0 Å². The monoisotopic (exact) mass is 858 g/mol. The molecule has 2 heteroatoms. The Morgan fingerprint density at radius 2 is 0.716 bits per heavy atom. The molecule has 0 fully saturated rings. The fourth-order valence-corrected chi connectivity index (χ4v) is 11.4. The van der Waals surface area contributed by atoms with Crippen molar-refractivity contribution in [3.8, 4) is 22.3 Å². The molecule has 2 aliphatic rings. The molecular weight excluding hydrogens is 809 g/mol. The highest BCUT2D eigenvalue weighted by molar-refractivity contribution is 6.04. The second-order valence-corrected chi connectivity index (χ2v) is 17.9. The number of fused-ring (bicyclic) bond motifs is 10. The Labute approximate surface area is 394 Å². The summed E-state index contributed by atoms with van der Waals surface area (Å²) < 4.78 is 0. The number of benzene rings is 10. The Morgan fingerprint density at radius 3 is 1.18 bits per heavy atom. The van der Waals surface area contributed by atoms with Gasteiger partial charge in [-0.3, -0.25) is 0 Å². The first-order valence-electron chi connectivity index (χ1n) is 23.7. The van der Waals surface area contributed by atoms with E-state index in [1.807, 2.05) is 0 Å². The molecule has 0 bridgehead atoms. The molecule has 0 N–H and O–H groups in total. The normalized spacial score (nSPS) is 14.0. The third-order valence-electron chi connectivity index (χ3n) is 14.2. The van der Waals surface area contributed by atoms with E-state index in [1.165, 1.54) is 72.6 Å². The van der Waals surface area contributed by atoms with Crippen LogP contribution in [0.25, 0.3) is 22.3 Å². The number of rotatable bonds is 12. The second-order valence-electron chi connectivity index (χ2n) is 17.9. The highest BCUT2D eigenvalue weighted by atomic mass is 15.2. The van der Waals surface area contributed by atoms with E-state index in [2.05, 4.69) is 271 Å². The average Bonchev–Trinajstić information content (AvgIpc) is 3.87. The van der Waals surface area contributed by atoms with Gasteiger partial charge in [0.05, 0.1) is 16.8 Å². The van der Waals surface area contributed by atoms with E-state index >= 15 is 0 Å². The molecular formula is C65H50N2. The van der Waals surface area contributed by atoms with Crippen LogP contribution in [0.2, 0.25) is 0 Å². The van der Waals surface area contributed by atoms with Crippen LogP contribution in [0.15, 0.2) is 261 Å². The van der Waals surface area contributed by atoms with Gasteiger partial charge in [-0.25, -0.2) is 0 Å². The molecule has 10 aromatic carbocycles. The van der Waals surface area contributed by atoms with E-state index in [4.69, 9.17) is 0 Å². The van der Waals surface area contributed by atoms with Crippen molar-refractivity contribution in [2.45, 2.75) is 30.6 Å². The van der Waals surface area contributed by atoms with E-state index in [-0.39, 0.29) is 0 Å². The molecule has 0 saturated heterocycles. The Balaban J connectivity index is 1.08. The summed E-state index contributed by atoms with van der Waals surface area (Å²) in [4.78, 5) is 4.90. The molecule has 12 rings (SSSR count). The summed E-state index contributed by atoms with van der Waals surface area (Å²) in [6, 6.07) is 96.3. The van der Waals surface area contributed by atoms with Gasteiger partial charge in [0.1, 0.15) is 0 Å². The summed E-state index contributed by atoms with van der Waals surface area (Å²) in [5.41, 5.74) is 20.8. The largest absolute Gasteiger partial charge is 0.310 e. The van der Waals surface area contributed by atoms with E-state index in [0.29, 0.717) is 5.92 Å². The molecule has 0 aromatic heterocycles.